The van der Waals surface area contributed by atoms with Crippen LogP contribution in [0, 0.1) is 0 Å². The van der Waals surface area contributed by atoms with Crippen molar-refractivity contribution in [2.45, 2.75) is 13.0 Å². The molecule has 0 rings (SSSR count). The number of carbonyl (C=O) groups is 1. The van der Waals surface area contributed by atoms with Gasteiger partial charge in [-0.2, -0.15) is 0 Å². The van der Waals surface area contributed by atoms with Crippen LogP contribution < -0.4 is 0 Å². The summed E-state index contributed by atoms with van der Waals surface area (Å²) < 4.78 is 4.38. The fourth-order valence-electron chi connectivity index (χ4n) is 0.465. The van der Waals surface area contributed by atoms with Crippen molar-refractivity contribution in [3.8, 4) is 0 Å². The van der Waals surface area contributed by atoms with Gasteiger partial charge >= 0.3 is 14.8 Å². The van der Waals surface area contributed by atoms with Gasteiger partial charge in [-0.25, -0.2) is 4.79 Å². The zero-order valence-electron chi connectivity index (χ0n) is 6.91. The third-order valence-corrected chi connectivity index (χ3v) is 2.35. The Balaban J connectivity index is 4.14. The van der Waals surface area contributed by atoms with Gasteiger partial charge in [-0.15, -0.1) is 6.58 Å². The number of allylic oxidation sites excluding steroid dienone is 1. The Kier molecular flexibility index (Phi) is 3.88. The highest BCUT2D eigenvalue weighted by molar-refractivity contribution is 6.60. The molecule has 2 N–H and O–H groups in total. The Bertz CT molecular complexity index is 209. The zero-order valence-corrected chi connectivity index (χ0v) is 7.91. The highest BCUT2D eigenvalue weighted by Crippen LogP contribution is 2.06. The van der Waals surface area contributed by atoms with Crippen LogP contribution in [-0.2, 0) is 9.22 Å². The van der Waals surface area contributed by atoms with Gasteiger partial charge in [-0.1, -0.05) is 12.7 Å². The molecule has 0 heterocycles. The quantitative estimate of drug-likeness (QED) is 0.376. The van der Waals surface area contributed by atoms with Crippen molar-refractivity contribution in [2.24, 2.45) is 0 Å². The van der Waals surface area contributed by atoms with E-state index in [9.17, 15) is 4.79 Å². The van der Waals surface area contributed by atoms with Crippen LogP contribution >= 0.6 is 0 Å². The minimum atomic E-state index is -3.86. The molecule has 5 heteroatoms. The van der Waals surface area contributed by atoms with Crippen LogP contribution in [0.15, 0.2) is 24.8 Å². The van der Waals surface area contributed by atoms with E-state index in [0.29, 0.717) is 0 Å². The zero-order chi connectivity index (χ0) is 9.78. The maximum Gasteiger partial charge on any atom is 0.566 e. The normalized spacial score (nSPS) is 10.6. The smallest absolute Gasteiger partial charge is 0.470 e. The van der Waals surface area contributed by atoms with Gasteiger partial charge in [0.2, 0.25) is 0 Å². The van der Waals surface area contributed by atoms with Crippen molar-refractivity contribution in [3.05, 3.63) is 24.8 Å². The van der Waals surface area contributed by atoms with Gasteiger partial charge in [-0.3, -0.25) is 0 Å². The Labute approximate surface area is 72.2 Å². The van der Waals surface area contributed by atoms with E-state index in [1.165, 1.54) is 13.0 Å². The van der Waals surface area contributed by atoms with Crippen LogP contribution in [0.5, 0.6) is 0 Å². The first-order chi connectivity index (χ1) is 5.39. The molecule has 0 amide bonds. The van der Waals surface area contributed by atoms with E-state index in [0.717, 1.165) is 0 Å². The van der Waals surface area contributed by atoms with Crippen molar-refractivity contribution in [3.63, 3.8) is 0 Å². The summed E-state index contributed by atoms with van der Waals surface area (Å²) in [5, 5.41) is 0. The lowest BCUT2D eigenvalue weighted by Gasteiger charge is -2.15. The first kappa shape index (κ1) is 11.1. The molecule has 0 aliphatic rings. The van der Waals surface area contributed by atoms with Crippen LogP contribution in [0.4, 0.5) is 0 Å². The fraction of sp³-hybridized carbons (Fsp3) is 0.286. The maximum absolute atomic E-state index is 10.8. The molecular weight excluding hydrogens is 176 g/mol. The highest BCUT2D eigenvalue weighted by Gasteiger charge is 2.35. The van der Waals surface area contributed by atoms with Gasteiger partial charge in [0, 0.05) is 11.6 Å². The summed E-state index contributed by atoms with van der Waals surface area (Å²) >= 11 is 0. The van der Waals surface area contributed by atoms with E-state index in [-0.39, 0.29) is 11.6 Å². The van der Waals surface area contributed by atoms with Gasteiger partial charge in [0.1, 0.15) is 0 Å². The average Bonchev–Trinajstić information content (AvgIpc) is 1.85. The lowest BCUT2D eigenvalue weighted by molar-refractivity contribution is -0.133. The molecule has 0 aromatic heterocycles. The molecule has 0 atom stereocenters. The minimum Gasteiger partial charge on any atom is -0.470 e. The minimum absolute atomic E-state index is 0.105. The van der Waals surface area contributed by atoms with E-state index < -0.39 is 14.8 Å². The van der Waals surface area contributed by atoms with Gasteiger partial charge in [-0.05, 0) is 6.92 Å². The third kappa shape index (κ3) is 4.07. The summed E-state index contributed by atoms with van der Waals surface area (Å²) in [6, 6.07) is -0.105. The van der Waals surface area contributed by atoms with Crippen LogP contribution in [-0.4, -0.2) is 24.4 Å². The average molecular weight is 188 g/mol. The van der Waals surface area contributed by atoms with E-state index in [1.807, 2.05) is 0 Å². The fourth-order valence-corrected chi connectivity index (χ4v) is 1.40. The second-order valence-electron chi connectivity index (χ2n) is 2.41. The molecule has 0 fully saturated rings. The Hall–Kier alpha value is -0.913. The van der Waals surface area contributed by atoms with Crippen molar-refractivity contribution in [1.82, 2.24) is 0 Å². The van der Waals surface area contributed by atoms with E-state index in [1.54, 1.807) is 0 Å². The Morgan fingerprint density at radius 1 is 1.67 bits per heavy atom. The topological polar surface area (TPSA) is 66.8 Å². The molecule has 0 saturated heterocycles. The molecule has 0 aliphatic heterocycles. The van der Waals surface area contributed by atoms with E-state index >= 15 is 0 Å². The second kappa shape index (κ2) is 4.20. The molecule has 0 spiro atoms. The molecule has 0 aromatic carbocycles. The lowest BCUT2D eigenvalue weighted by atomic mass is 10.4. The second-order valence-corrected chi connectivity index (χ2v) is 4.50. The molecule has 0 bridgehead atoms. The summed E-state index contributed by atoms with van der Waals surface area (Å²) in [6.45, 7) is 8.03. The molecule has 0 aliphatic carbocycles. The summed E-state index contributed by atoms with van der Waals surface area (Å²) in [6.07, 6.45) is 1.29. The summed E-state index contributed by atoms with van der Waals surface area (Å²) in [5.41, 5.74) is 0.138. The number of rotatable bonds is 4. The monoisotopic (exact) mass is 188 g/mol. The van der Waals surface area contributed by atoms with Crippen LogP contribution in [0.1, 0.15) is 6.92 Å². The highest BCUT2D eigenvalue weighted by atomic mass is 28.4. The molecule has 0 aromatic rings. The SMILES string of the molecule is C=CC[Si](O)(O)OC(=O)C(=C)C. The first-order valence-electron chi connectivity index (χ1n) is 3.33. The van der Waals surface area contributed by atoms with Crippen molar-refractivity contribution in [1.29, 1.82) is 0 Å². The first-order valence-corrected chi connectivity index (χ1v) is 5.34. The number of hydrogen-bond donors (Lipinski definition) is 2. The predicted molar refractivity (Wildman–Crippen MR) is 46.1 cm³/mol. The molecule has 4 nitrogen and oxygen atoms in total. The number of hydrogen-bond acceptors (Lipinski definition) is 4. The van der Waals surface area contributed by atoms with Gasteiger partial charge < -0.3 is 14.0 Å². The third-order valence-electron chi connectivity index (χ3n) is 1.01. The summed E-state index contributed by atoms with van der Waals surface area (Å²) in [5.74, 6) is -0.784. The Morgan fingerprint density at radius 3 is 2.50 bits per heavy atom. The molecule has 0 unspecified atom stereocenters. The van der Waals surface area contributed by atoms with Gasteiger partial charge in [0.25, 0.3) is 0 Å². The van der Waals surface area contributed by atoms with Crippen LogP contribution in [0.25, 0.3) is 0 Å². The largest absolute Gasteiger partial charge is 0.566 e. The van der Waals surface area contributed by atoms with Crippen molar-refractivity contribution >= 4 is 14.8 Å². The van der Waals surface area contributed by atoms with Gasteiger partial charge in [0.05, 0.1) is 0 Å². The maximum atomic E-state index is 10.8. The standard InChI is InChI=1S/C7H12O4Si/c1-4-5-12(9,10)11-7(8)6(2)3/h4,9-10H,1-2,5H2,3H3. The molecule has 0 saturated carbocycles. The number of carbonyl (C=O) groups excluding carboxylic acids is 1. The molecule has 12 heavy (non-hydrogen) atoms. The molecule has 68 valence electrons. The van der Waals surface area contributed by atoms with Crippen LogP contribution in [0.3, 0.4) is 0 Å². The lowest BCUT2D eigenvalue weighted by Crippen LogP contribution is -2.40. The Morgan fingerprint density at radius 2 is 2.17 bits per heavy atom. The van der Waals surface area contributed by atoms with E-state index in [4.69, 9.17) is 9.59 Å². The van der Waals surface area contributed by atoms with E-state index in [2.05, 4.69) is 17.6 Å². The molecule has 0 radical (unpaired) electrons. The van der Waals surface area contributed by atoms with Crippen molar-refractivity contribution < 1.29 is 18.8 Å². The summed E-state index contributed by atoms with van der Waals surface area (Å²) in [7, 11) is -3.86. The summed E-state index contributed by atoms with van der Waals surface area (Å²) in [4.78, 5) is 28.9. The van der Waals surface area contributed by atoms with Gasteiger partial charge in [0.15, 0.2) is 0 Å². The van der Waals surface area contributed by atoms with Crippen molar-refractivity contribution in [2.75, 3.05) is 0 Å². The predicted octanol–water partition coefficient (Wildman–Crippen LogP) is 0.215. The van der Waals surface area contributed by atoms with Crippen LogP contribution in [0.2, 0.25) is 6.04 Å². The molecular formula is C7H12O4Si.